The van der Waals surface area contributed by atoms with Crippen LogP contribution in [0.5, 0.6) is 0 Å². The number of nitrogens with one attached hydrogen (secondary N) is 1. The van der Waals surface area contributed by atoms with Gasteiger partial charge in [-0.1, -0.05) is 31.0 Å². The van der Waals surface area contributed by atoms with Crippen molar-refractivity contribution >= 4 is 17.7 Å². The number of hydrogen-bond acceptors (Lipinski definition) is 4. The molecule has 5 nitrogen and oxygen atoms in total. The third kappa shape index (κ3) is 4.60. The molecule has 0 radical (unpaired) electrons. The molecule has 134 valence electrons. The van der Waals surface area contributed by atoms with Crippen molar-refractivity contribution in [3.63, 3.8) is 0 Å². The number of halogens is 1. The van der Waals surface area contributed by atoms with Gasteiger partial charge in [0.2, 0.25) is 5.91 Å². The molecule has 1 fully saturated rings. The normalized spacial score (nSPS) is 15.3. The zero-order valence-corrected chi connectivity index (χ0v) is 15.2. The van der Waals surface area contributed by atoms with E-state index >= 15 is 0 Å². The Kier molecular flexibility index (Phi) is 6.07. The van der Waals surface area contributed by atoms with Gasteiger partial charge in [-0.05, 0) is 44.0 Å². The lowest BCUT2D eigenvalue weighted by atomic mass is 9.95. The average molecular weight is 362 g/mol. The highest BCUT2D eigenvalue weighted by atomic mass is 32.2. The van der Waals surface area contributed by atoms with E-state index in [9.17, 15) is 9.18 Å². The second-order valence-electron chi connectivity index (χ2n) is 6.25. The predicted octanol–water partition coefficient (Wildman–Crippen LogP) is 3.65. The van der Waals surface area contributed by atoms with E-state index in [1.165, 1.54) is 43.2 Å². The van der Waals surface area contributed by atoms with Crippen molar-refractivity contribution in [2.75, 3.05) is 5.75 Å². The molecule has 1 aromatic heterocycles. The highest BCUT2D eigenvalue weighted by molar-refractivity contribution is 7.99. The SMILES string of the molecule is CCn1c(SCC(=O)NC2CCCCC2)nnc1-c1ccc(F)cc1. The third-order valence-electron chi connectivity index (χ3n) is 4.44. The highest BCUT2D eigenvalue weighted by Crippen LogP contribution is 2.24. The van der Waals surface area contributed by atoms with E-state index in [0.29, 0.717) is 29.3 Å². The number of benzene rings is 1. The fraction of sp³-hybridized carbons (Fsp3) is 0.500. The van der Waals surface area contributed by atoms with Gasteiger partial charge in [0.05, 0.1) is 5.75 Å². The monoisotopic (exact) mass is 362 g/mol. The maximum absolute atomic E-state index is 13.1. The van der Waals surface area contributed by atoms with Crippen LogP contribution >= 0.6 is 11.8 Å². The van der Waals surface area contributed by atoms with Gasteiger partial charge in [-0.15, -0.1) is 10.2 Å². The number of rotatable bonds is 6. The molecule has 0 unspecified atom stereocenters. The molecule has 1 heterocycles. The molecule has 1 aliphatic rings. The summed E-state index contributed by atoms with van der Waals surface area (Å²) in [5.41, 5.74) is 0.814. The molecule has 0 atom stereocenters. The summed E-state index contributed by atoms with van der Waals surface area (Å²) in [4.78, 5) is 12.2. The van der Waals surface area contributed by atoms with Crippen molar-refractivity contribution in [1.82, 2.24) is 20.1 Å². The smallest absolute Gasteiger partial charge is 0.230 e. The van der Waals surface area contributed by atoms with Crippen LogP contribution in [-0.4, -0.2) is 32.5 Å². The predicted molar refractivity (Wildman–Crippen MR) is 96.8 cm³/mol. The zero-order chi connectivity index (χ0) is 17.6. The van der Waals surface area contributed by atoms with Crippen molar-refractivity contribution < 1.29 is 9.18 Å². The molecular formula is C18H23FN4OS. The molecule has 7 heteroatoms. The number of hydrogen-bond donors (Lipinski definition) is 1. The van der Waals surface area contributed by atoms with Crippen LogP contribution in [0.4, 0.5) is 4.39 Å². The third-order valence-corrected chi connectivity index (χ3v) is 5.40. The summed E-state index contributed by atoms with van der Waals surface area (Å²) in [5.74, 6) is 0.793. The summed E-state index contributed by atoms with van der Waals surface area (Å²) >= 11 is 1.39. The van der Waals surface area contributed by atoms with E-state index in [0.717, 1.165) is 18.4 Å². The van der Waals surface area contributed by atoms with Crippen LogP contribution in [0.25, 0.3) is 11.4 Å². The van der Waals surface area contributed by atoms with Gasteiger partial charge in [-0.2, -0.15) is 0 Å². The fourth-order valence-electron chi connectivity index (χ4n) is 3.14. The molecule has 25 heavy (non-hydrogen) atoms. The van der Waals surface area contributed by atoms with Gasteiger partial charge in [-0.3, -0.25) is 4.79 Å². The van der Waals surface area contributed by atoms with Crippen LogP contribution in [0.15, 0.2) is 29.4 Å². The van der Waals surface area contributed by atoms with Gasteiger partial charge in [-0.25, -0.2) is 4.39 Å². The Morgan fingerprint density at radius 2 is 1.96 bits per heavy atom. The summed E-state index contributed by atoms with van der Waals surface area (Å²) < 4.78 is 15.1. The van der Waals surface area contributed by atoms with E-state index in [2.05, 4.69) is 15.5 Å². The number of carbonyl (C=O) groups is 1. The largest absolute Gasteiger partial charge is 0.353 e. The standard InChI is InChI=1S/C18H23FN4OS/c1-2-23-17(13-8-10-14(19)11-9-13)21-22-18(23)25-12-16(24)20-15-6-4-3-5-7-15/h8-11,15H,2-7,12H2,1H3,(H,20,24). The maximum Gasteiger partial charge on any atom is 0.230 e. The number of thioether (sulfide) groups is 1. The molecule has 3 rings (SSSR count). The van der Waals surface area contributed by atoms with E-state index in [-0.39, 0.29) is 11.7 Å². The number of carbonyl (C=O) groups excluding carboxylic acids is 1. The Morgan fingerprint density at radius 3 is 2.64 bits per heavy atom. The van der Waals surface area contributed by atoms with Gasteiger partial charge in [0.1, 0.15) is 5.82 Å². The van der Waals surface area contributed by atoms with Crippen LogP contribution in [-0.2, 0) is 11.3 Å². The highest BCUT2D eigenvalue weighted by Gasteiger charge is 2.18. The summed E-state index contributed by atoms with van der Waals surface area (Å²) in [5, 5.41) is 12.2. The molecule has 0 spiro atoms. The minimum absolute atomic E-state index is 0.0471. The van der Waals surface area contributed by atoms with E-state index in [1.54, 1.807) is 12.1 Å². The van der Waals surface area contributed by atoms with Gasteiger partial charge in [0.15, 0.2) is 11.0 Å². The lowest BCUT2D eigenvalue weighted by Gasteiger charge is -2.22. The molecule has 0 aliphatic heterocycles. The van der Waals surface area contributed by atoms with Gasteiger partial charge in [0, 0.05) is 18.2 Å². The zero-order valence-electron chi connectivity index (χ0n) is 14.4. The molecule has 1 aliphatic carbocycles. The lowest BCUT2D eigenvalue weighted by molar-refractivity contribution is -0.119. The number of amides is 1. The average Bonchev–Trinajstić information content (AvgIpc) is 3.04. The van der Waals surface area contributed by atoms with Gasteiger partial charge in [0.25, 0.3) is 0 Å². The molecule has 1 N–H and O–H groups in total. The Labute approximate surface area is 151 Å². The Hall–Kier alpha value is -1.89. The fourth-order valence-corrected chi connectivity index (χ4v) is 3.95. The Morgan fingerprint density at radius 1 is 1.24 bits per heavy atom. The van der Waals surface area contributed by atoms with Crippen molar-refractivity contribution in [3.8, 4) is 11.4 Å². The van der Waals surface area contributed by atoms with Crippen LogP contribution in [0, 0.1) is 5.82 Å². The van der Waals surface area contributed by atoms with Crippen molar-refractivity contribution in [2.24, 2.45) is 0 Å². The summed E-state index contributed by atoms with van der Waals surface area (Å²) in [6.45, 7) is 2.69. The van der Waals surface area contributed by atoms with Crippen molar-refractivity contribution in [1.29, 1.82) is 0 Å². The van der Waals surface area contributed by atoms with Gasteiger partial charge >= 0.3 is 0 Å². The molecule has 1 saturated carbocycles. The molecule has 0 saturated heterocycles. The first kappa shape index (κ1) is 17.9. The van der Waals surface area contributed by atoms with E-state index < -0.39 is 0 Å². The summed E-state index contributed by atoms with van der Waals surface area (Å²) in [6.07, 6.45) is 5.83. The maximum atomic E-state index is 13.1. The minimum atomic E-state index is -0.278. The van der Waals surface area contributed by atoms with Crippen LogP contribution in [0.1, 0.15) is 39.0 Å². The van der Waals surface area contributed by atoms with E-state index in [1.807, 2.05) is 11.5 Å². The second-order valence-corrected chi connectivity index (χ2v) is 7.19. The minimum Gasteiger partial charge on any atom is -0.353 e. The first-order chi connectivity index (χ1) is 12.2. The molecule has 1 aromatic carbocycles. The quantitative estimate of drug-likeness (QED) is 0.797. The number of nitrogens with zero attached hydrogens (tertiary/aromatic N) is 3. The van der Waals surface area contributed by atoms with Crippen molar-refractivity contribution in [2.45, 2.75) is 56.8 Å². The molecule has 0 bridgehead atoms. The second kappa shape index (κ2) is 8.47. The first-order valence-corrected chi connectivity index (χ1v) is 9.77. The van der Waals surface area contributed by atoms with Crippen LogP contribution in [0.3, 0.4) is 0 Å². The van der Waals surface area contributed by atoms with Crippen molar-refractivity contribution in [3.05, 3.63) is 30.1 Å². The molecule has 2 aromatic rings. The Balaban J connectivity index is 1.62. The van der Waals surface area contributed by atoms with E-state index in [4.69, 9.17) is 0 Å². The molecular weight excluding hydrogens is 339 g/mol. The summed E-state index contributed by atoms with van der Waals surface area (Å²) in [7, 11) is 0. The number of aromatic nitrogens is 3. The molecule has 1 amide bonds. The van der Waals surface area contributed by atoms with Crippen LogP contribution in [0.2, 0.25) is 0 Å². The Bertz CT molecular complexity index is 710. The van der Waals surface area contributed by atoms with Crippen LogP contribution < -0.4 is 5.32 Å². The first-order valence-electron chi connectivity index (χ1n) is 8.78. The lowest BCUT2D eigenvalue weighted by Crippen LogP contribution is -2.37. The van der Waals surface area contributed by atoms with Gasteiger partial charge < -0.3 is 9.88 Å². The summed E-state index contributed by atoms with van der Waals surface area (Å²) in [6, 6.07) is 6.52. The topological polar surface area (TPSA) is 59.8 Å².